The summed E-state index contributed by atoms with van der Waals surface area (Å²) in [6.07, 6.45) is 8.36. The summed E-state index contributed by atoms with van der Waals surface area (Å²) in [5.74, 6) is 0. The number of ether oxygens (including phenoxy) is 1. The maximum Gasteiger partial charge on any atom is 0.150 e. The van der Waals surface area contributed by atoms with Crippen LogP contribution in [-0.2, 0) is 4.74 Å². The van der Waals surface area contributed by atoms with E-state index in [2.05, 4.69) is 32.6 Å². The van der Waals surface area contributed by atoms with E-state index in [4.69, 9.17) is 4.74 Å². The smallest absolute Gasteiger partial charge is 0.150 e. The van der Waals surface area contributed by atoms with Gasteiger partial charge in [-0.25, -0.2) is 0 Å². The van der Waals surface area contributed by atoms with Crippen LogP contribution in [0.5, 0.6) is 0 Å². The molecule has 0 aromatic rings. The molecule has 0 amide bonds. The number of aliphatic hydroxyl groups excluding tert-OH is 2. The highest BCUT2D eigenvalue weighted by molar-refractivity contribution is 4.99. The minimum Gasteiger partial charge on any atom is -0.393 e. The Morgan fingerprint density at radius 1 is 1.00 bits per heavy atom. The van der Waals surface area contributed by atoms with Gasteiger partial charge >= 0.3 is 0 Å². The number of hydrogen-bond donors (Lipinski definition) is 3. The zero-order chi connectivity index (χ0) is 21.4. The van der Waals surface area contributed by atoms with Crippen LogP contribution in [0.25, 0.3) is 0 Å². The van der Waals surface area contributed by atoms with Crippen LogP contribution in [-0.4, -0.2) is 64.0 Å². The van der Waals surface area contributed by atoms with Crippen molar-refractivity contribution < 1.29 is 20.1 Å². The Hall–Kier alpha value is -0.200. The molecule has 0 spiro atoms. The lowest BCUT2D eigenvalue weighted by Crippen LogP contribution is -2.58. The number of aliphatic hydroxyl groups is 3. The highest BCUT2D eigenvalue weighted by Crippen LogP contribution is 2.41. The minimum atomic E-state index is -1.01. The number of likely N-dealkylation sites (N-methyl/N-ethyl adjacent to an activating group) is 1. The van der Waals surface area contributed by atoms with Crippen LogP contribution in [0.15, 0.2) is 0 Å². The molecule has 1 aliphatic rings. The molecule has 0 saturated heterocycles. The first-order chi connectivity index (χ1) is 13.0. The molecule has 1 saturated carbocycles. The SMILES string of the molecule is CCCCCCCN(C)[C@@]1(OCC(C)(O)C(C)(C)CCCC)C[C@H](O)C[C@@H]1O. The van der Waals surface area contributed by atoms with Crippen molar-refractivity contribution in [1.29, 1.82) is 0 Å². The molecule has 0 heterocycles. The van der Waals surface area contributed by atoms with Crippen molar-refractivity contribution in [1.82, 2.24) is 4.90 Å². The van der Waals surface area contributed by atoms with Crippen LogP contribution in [0.3, 0.4) is 0 Å². The first-order valence-corrected chi connectivity index (χ1v) is 11.5. The molecule has 1 unspecified atom stereocenters. The summed E-state index contributed by atoms with van der Waals surface area (Å²) in [5, 5.41) is 32.1. The lowest BCUT2D eigenvalue weighted by atomic mass is 9.73. The molecule has 4 atom stereocenters. The molecule has 168 valence electrons. The van der Waals surface area contributed by atoms with E-state index in [9.17, 15) is 15.3 Å². The second kappa shape index (κ2) is 11.3. The van der Waals surface area contributed by atoms with Gasteiger partial charge in [-0.15, -0.1) is 0 Å². The van der Waals surface area contributed by atoms with Crippen LogP contribution in [0.4, 0.5) is 0 Å². The van der Waals surface area contributed by atoms with Gasteiger partial charge in [-0.1, -0.05) is 66.2 Å². The predicted molar refractivity (Wildman–Crippen MR) is 115 cm³/mol. The van der Waals surface area contributed by atoms with E-state index in [0.29, 0.717) is 12.8 Å². The van der Waals surface area contributed by atoms with Gasteiger partial charge in [-0.2, -0.15) is 0 Å². The molecule has 0 radical (unpaired) electrons. The number of unbranched alkanes of at least 4 members (excludes halogenated alkanes) is 5. The van der Waals surface area contributed by atoms with E-state index in [-0.39, 0.29) is 12.0 Å². The van der Waals surface area contributed by atoms with Crippen molar-refractivity contribution in [2.45, 2.75) is 122 Å². The summed E-state index contributed by atoms with van der Waals surface area (Å²) < 4.78 is 6.31. The van der Waals surface area contributed by atoms with Crippen LogP contribution in [0, 0.1) is 5.41 Å². The normalized spacial score (nSPS) is 28.1. The third-order valence-electron chi connectivity index (χ3n) is 7.00. The summed E-state index contributed by atoms with van der Waals surface area (Å²) in [7, 11) is 1.97. The summed E-state index contributed by atoms with van der Waals surface area (Å²) in [6.45, 7) is 11.3. The monoisotopic (exact) mass is 401 g/mol. The highest BCUT2D eigenvalue weighted by atomic mass is 16.5. The van der Waals surface area contributed by atoms with Crippen molar-refractivity contribution in [3.63, 3.8) is 0 Å². The van der Waals surface area contributed by atoms with Gasteiger partial charge in [0, 0.05) is 19.4 Å². The third-order valence-corrected chi connectivity index (χ3v) is 7.00. The van der Waals surface area contributed by atoms with Crippen molar-refractivity contribution in [2.75, 3.05) is 20.2 Å². The first-order valence-electron chi connectivity index (χ1n) is 11.5. The zero-order valence-electron chi connectivity index (χ0n) is 19.3. The van der Waals surface area contributed by atoms with E-state index in [0.717, 1.165) is 38.6 Å². The van der Waals surface area contributed by atoms with Gasteiger partial charge in [0.25, 0.3) is 0 Å². The number of nitrogens with zero attached hydrogens (tertiary/aromatic N) is 1. The molecule has 28 heavy (non-hydrogen) atoms. The molecule has 5 heteroatoms. The lowest BCUT2D eigenvalue weighted by Gasteiger charge is -2.46. The number of rotatable bonds is 14. The second-order valence-corrected chi connectivity index (χ2v) is 9.84. The van der Waals surface area contributed by atoms with Gasteiger partial charge < -0.3 is 20.1 Å². The molecule has 1 aliphatic carbocycles. The van der Waals surface area contributed by atoms with Crippen molar-refractivity contribution in [3.8, 4) is 0 Å². The molecule has 0 aromatic carbocycles. The standard InChI is InChI=1S/C23H47NO4/c1-7-9-11-12-13-15-24(6)23(17-19(25)16-20(23)26)28-18-22(5,27)21(3,4)14-10-8-2/h19-20,25-27H,7-18H2,1-6H3/t19-,20+,22?,23-/m1/s1. The Bertz CT molecular complexity index is 440. The molecule has 0 aliphatic heterocycles. The fourth-order valence-electron chi connectivity index (χ4n) is 4.17. The molecule has 1 fully saturated rings. The van der Waals surface area contributed by atoms with Gasteiger partial charge in [0.2, 0.25) is 0 Å². The molecule has 1 rings (SSSR count). The van der Waals surface area contributed by atoms with Gasteiger partial charge in [-0.05, 0) is 32.2 Å². The third kappa shape index (κ3) is 6.66. The van der Waals surface area contributed by atoms with Crippen LogP contribution < -0.4 is 0 Å². The van der Waals surface area contributed by atoms with Crippen LogP contribution in [0.1, 0.15) is 98.8 Å². The van der Waals surface area contributed by atoms with Gasteiger partial charge in [0.05, 0.1) is 24.4 Å². The Kier molecular flexibility index (Phi) is 10.4. The van der Waals surface area contributed by atoms with Gasteiger partial charge in [0.1, 0.15) is 5.72 Å². The topological polar surface area (TPSA) is 73.2 Å². The lowest BCUT2D eigenvalue weighted by molar-refractivity contribution is -0.232. The van der Waals surface area contributed by atoms with Crippen LogP contribution >= 0.6 is 0 Å². The zero-order valence-corrected chi connectivity index (χ0v) is 19.3. The minimum absolute atomic E-state index is 0.146. The van der Waals surface area contributed by atoms with E-state index in [1.54, 1.807) is 0 Å². The maximum absolute atomic E-state index is 11.2. The Morgan fingerprint density at radius 2 is 1.61 bits per heavy atom. The fraction of sp³-hybridized carbons (Fsp3) is 1.00. The van der Waals surface area contributed by atoms with E-state index >= 15 is 0 Å². The maximum atomic E-state index is 11.2. The van der Waals surface area contributed by atoms with Gasteiger partial charge in [0.15, 0.2) is 0 Å². The molecular formula is C23H47NO4. The largest absolute Gasteiger partial charge is 0.393 e. The summed E-state index contributed by atoms with van der Waals surface area (Å²) in [4.78, 5) is 2.06. The van der Waals surface area contributed by atoms with E-state index in [1.165, 1.54) is 19.3 Å². The molecular weight excluding hydrogens is 354 g/mol. The quantitative estimate of drug-likeness (QED) is 0.302. The predicted octanol–water partition coefficient (Wildman–Crippen LogP) is 4.08. The highest BCUT2D eigenvalue weighted by Gasteiger charge is 2.52. The summed E-state index contributed by atoms with van der Waals surface area (Å²) >= 11 is 0. The summed E-state index contributed by atoms with van der Waals surface area (Å²) in [5.41, 5.74) is -2.22. The van der Waals surface area contributed by atoms with Crippen molar-refractivity contribution in [2.24, 2.45) is 5.41 Å². The average molecular weight is 402 g/mol. The Morgan fingerprint density at radius 3 is 2.14 bits per heavy atom. The molecule has 3 N–H and O–H groups in total. The molecule has 0 bridgehead atoms. The van der Waals surface area contributed by atoms with Crippen LogP contribution in [0.2, 0.25) is 0 Å². The summed E-state index contributed by atoms with van der Waals surface area (Å²) in [6, 6.07) is 0. The Balaban J connectivity index is 2.79. The second-order valence-electron chi connectivity index (χ2n) is 9.84. The van der Waals surface area contributed by atoms with E-state index < -0.39 is 23.5 Å². The van der Waals surface area contributed by atoms with E-state index in [1.807, 2.05) is 14.0 Å². The van der Waals surface area contributed by atoms with Gasteiger partial charge in [-0.3, -0.25) is 4.90 Å². The number of hydrogen-bond acceptors (Lipinski definition) is 5. The van der Waals surface area contributed by atoms with Crippen molar-refractivity contribution >= 4 is 0 Å². The fourth-order valence-corrected chi connectivity index (χ4v) is 4.17. The molecule has 0 aromatic heterocycles. The average Bonchev–Trinajstić information content (AvgIpc) is 2.92. The first kappa shape index (κ1) is 25.8. The Labute approximate surface area is 173 Å². The molecule has 5 nitrogen and oxygen atoms in total. The van der Waals surface area contributed by atoms with Crippen molar-refractivity contribution in [3.05, 3.63) is 0 Å².